The highest BCUT2D eigenvalue weighted by atomic mass is 14.4. The molecule has 1 N–H and O–H groups in total. The number of rotatable bonds is 3. The summed E-state index contributed by atoms with van der Waals surface area (Å²) in [6.07, 6.45) is 2.51. The maximum absolute atomic E-state index is 7.42. The number of aryl methyl sites for hydroxylation is 1. The van der Waals surface area contributed by atoms with Gasteiger partial charge >= 0.3 is 0 Å². The molecule has 1 unspecified atom stereocenters. The van der Waals surface area contributed by atoms with E-state index in [0.29, 0.717) is 0 Å². The molecule has 0 aliphatic heterocycles. The summed E-state index contributed by atoms with van der Waals surface area (Å²) in [5.41, 5.74) is 2.41. The maximum Gasteiger partial charge on any atom is 0.0268 e. The minimum absolute atomic E-state index is 0.0896. The van der Waals surface area contributed by atoms with Crippen LogP contribution in [0, 0.1) is 12.3 Å². The van der Waals surface area contributed by atoms with Gasteiger partial charge in [-0.1, -0.05) is 43.7 Å². The van der Waals surface area contributed by atoms with Gasteiger partial charge in [0.05, 0.1) is 0 Å². The fourth-order valence-corrected chi connectivity index (χ4v) is 1.32. The molecule has 13 heavy (non-hydrogen) atoms. The Morgan fingerprint density at radius 3 is 2.23 bits per heavy atom. The normalized spacial score (nSPS) is 15.0. The second kappa shape index (κ2) is 3.73. The molecule has 0 aliphatic carbocycles. The van der Waals surface area contributed by atoms with Crippen LogP contribution in [0.5, 0.6) is 0 Å². The molecule has 0 aromatic heterocycles. The van der Waals surface area contributed by atoms with Gasteiger partial charge in [0.25, 0.3) is 0 Å². The van der Waals surface area contributed by atoms with Gasteiger partial charge in [-0.3, -0.25) is 0 Å². The summed E-state index contributed by atoms with van der Waals surface area (Å²) in [4.78, 5) is 0. The topological polar surface area (TPSA) is 23.9 Å². The van der Waals surface area contributed by atoms with Crippen LogP contribution in [0.3, 0.4) is 0 Å². The van der Waals surface area contributed by atoms with E-state index in [1.807, 2.05) is 0 Å². The van der Waals surface area contributed by atoms with Crippen LogP contribution in [-0.2, 0) is 5.41 Å². The smallest absolute Gasteiger partial charge is 0.0268 e. The van der Waals surface area contributed by atoms with Crippen LogP contribution >= 0.6 is 0 Å². The molecule has 70 valence electrons. The van der Waals surface area contributed by atoms with E-state index in [1.54, 1.807) is 0 Å². The fourth-order valence-electron chi connectivity index (χ4n) is 1.32. The Kier molecular flexibility index (Phi) is 2.86. The van der Waals surface area contributed by atoms with Crippen molar-refractivity contribution in [3.63, 3.8) is 0 Å². The molecule has 0 saturated heterocycles. The van der Waals surface area contributed by atoms with E-state index >= 15 is 0 Å². The molecular formula is C12H17N. The Labute approximate surface area is 80.3 Å². The Morgan fingerprint density at radius 2 is 1.85 bits per heavy atom. The second-order valence-corrected chi connectivity index (χ2v) is 3.78. The van der Waals surface area contributed by atoms with Gasteiger partial charge in [0.15, 0.2) is 0 Å². The lowest BCUT2D eigenvalue weighted by Crippen LogP contribution is -2.21. The largest absolute Gasteiger partial charge is 0.312 e. The summed E-state index contributed by atoms with van der Waals surface area (Å²) < 4.78 is 0. The SMILES string of the molecule is CCC(C)(C=N)c1ccc(C)cc1. The number of hydrogen-bond acceptors (Lipinski definition) is 1. The number of hydrogen-bond donors (Lipinski definition) is 1. The summed E-state index contributed by atoms with van der Waals surface area (Å²) in [5, 5.41) is 7.42. The van der Waals surface area contributed by atoms with Crippen molar-refractivity contribution in [2.24, 2.45) is 0 Å². The summed E-state index contributed by atoms with van der Waals surface area (Å²) >= 11 is 0. The van der Waals surface area contributed by atoms with Gasteiger partial charge in [-0.05, 0) is 18.9 Å². The molecule has 0 fully saturated rings. The first-order chi connectivity index (χ1) is 6.12. The quantitative estimate of drug-likeness (QED) is 0.681. The average Bonchev–Trinajstić information content (AvgIpc) is 2.18. The van der Waals surface area contributed by atoms with Crippen LogP contribution in [0.4, 0.5) is 0 Å². The number of benzene rings is 1. The first kappa shape index (κ1) is 9.97. The average molecular weight is 175 g/mol. The Morgan fingerprint density at radius 1 is 1.31 bits per heavy atom. The van der Waals surface area contributed by atoms with E-state index in [0.717, 1.165) is 6.42 Å². The third-order valence-electron chi connectivity index (χ3n) is 2.76. The predicted octanol–water partition coefficient (Wildman–Crippen LogP) is 3.31. The lowest BCUT2D eigenvalue weighted by atomic mass is 9.81. The summed E-state index contributed by atoms with van der Waals surface area (Å²) in [5.74, 6) is 0. The first-order valence-corrected chi connectivity index (χ1v) is 4.71. The van der Waals surface area contributed by atoms with Crippen LogP contribution in [0.2, 0.25) is 0 Å². The molecule has 1 heteroatoms. The lowest BCUT2D eigenvalue weighted by molar-refractivity contribution is 0.623. The van der Waals surface area contributed by atoms with Crippen LogP contribution in [-0.4, -0.2) is 6.21 Å². The number of nitrogens with one attached hydrogen (secondary N) is 1. The molecule has 0 radical (unpaired) electrons. The molecule has 0 bridgehead atoms. The molecule has 1 nitrogen and oxygen atoms in total. The second-order valence-electron chi connectivity index (χ2n) is 3.78. The predicted molar refractivity (Wildman–Crippen MR) is 57.6 cm³/mol. The van der Waals surface area contributed by atoms with Crippen LogP contribution in [0.1, 0.15) is 31.4 Å². The summed E-state index contributed by atoms with van der Waals surface area (Å²) in [7, 11) is 0. The van der Waals surface area contributed by atoms with Crippen molar-refractivity contribution < 1.29 is 0 Å². The standard InChI is InChI=1S/C12H17N/c1-4-12(3,9-13)11-7-5-10(2)6-8-11/h5-9,13H,4H2,1-3H3. The van der Waals surface area contributed by atoms with Crippen molar-refractivity contribution >= 4 is 6.21 Å². The zero-order chi connectivity index (χ0) is 9.90. The van der Waals surface area contributed by atoms with Gasteiger partial charge in [0.1, 0.15) is 0 Å². The van der Waals surface area contributed by atoms with Crippen molar-refractivity contribution in [1.29, 1.82) is 5.41 Å². The van der Waals surface area contributed by atoms with E-state index in [2.05, 4.69) is 45.0 Å². The van der Waals surface area contributed by atoms with Gasteiger partial charge in [0.2, 0.25) is 0 Å². The zero-order valence-corrected chi connectivity index (χ0v) is 8.59. The molecule has 1 rings (SSSR count). The third-order valence-corrected chi connectivity index (χ3v) is 2.76. The molecular weight excluding hydrogens is 158 g/mol. The molecule has 1 atom stereocenters. The van der Waals surface area contributed by atoms with Gasteiger partial charge in [0, 0.05) is 11.6 Å². The highest BCUT2D eigenvalue weighted by molar-refractivity contribution is 5.70. The van der Waals surface area contributed by atoms with Crippen molar-refractivity contribution in [3.8, 4) is 0 Å². The first-order valence-electron chi connectivity index (χ1n) is 4.71. The molecule has 1 aromatic carbocycles. The minimum atomic E-state index is -0.0896. The van der Waals surface area contributed by atoms with E-state index in [9.17, 15) is 0 Å². The van der Waals surface area contributed by atoms with Gasteiger partial charge in [-0.15, -0.1) is 0 Å². The Hall–Kier alpha value is -1.11. The molecule has 1 aromatic rings. The highest BCUT2D eigenvalue weighted by Gasteiger charge is 2.20. The summed E-state index contributed by atoms with van der Waals surface area (Å²) in [6.45, 7) is 6.30. The monoisotopic (exact) mass is 175 g/mol. The van der Waals surface area contributed by atoms with Crippen LogP contribution in [0.15, 0.2) is 24.3 Å². The Balaban J connectivity index is 3.06. The molecule has 0 spiro atoms. The zero-order valence-electron chi connectivity index (χ0n) is 8.59. The van der Waals surface area contributed by atoms with Crippen molar-refractivity contribution in [3.05, 3.63) is 35.4 Å². The van der Waals surface area contributed by atoms with Gasteiger partial charge < -0.3 is 5.41 Å². The molecule has 0 saturated carbocycles. The minimum Gasteiger partial charge on any atom is -0.312 e. The van der Waals surface area contributed by atoms with Gasteiger partial charge in [-0.25, -0.2) is 0 Å². The van der Waals surface area contributed by atoms with Crippen LogP contribution < -0.4 is 0 Å². The molecule has 0 aliphatic rings. The Bertz CT molecular complexity index is 286. The van der Waals surface area contributed by atoms with Crippen LogP contribution in [0.25, 0.3) is 0 Å². The van der Waals surface area contributed by atoms with Crippen molar-refractivity contribution in [2.45, 2.75) is 32.6 Å². The maximum atomic E-state index is 7.42. The molecule has 0 heterocycles. The van der Waals surface area contributed by atoms with E-state index in [4.69, 9.17) is 5.41 Å². The highest BCUT2D eigenvalue weighted by Crippen LogP contribution is 2.25. The third kappa shape index (κ3) is 1.97. The fraction of sp³-hybridized carbons (Fsp3) is 0.417. The van der Waals surface area contributed by atoms with Crippen molar-refractivity contribution in [1.82, 2.24) is 0 Å². The van der Waals surface area contributed by atoms with E-state index in [1.165, 1.54) is 17.3 Å². The van der Waals surface area contributed by atoms with Crippen molar-refractivity contribution in [2.75, 3.05) is 0 Å². The van der Waals surface area contributed by atoms with E-state index < -0.39 is 0 Å². The van der Waals surface area contributed by atoms with Gasteiger partial charge in [-0.2, -0.15) is 0 Å². The van der Waals surface area contributed by atoms with E-state index in [-0.39, 0.29) is 5.41 Å². The lowest BCUT2D eigenvalue weighted by Gasteiger charge is -2.23. The molecule has 0 amide bonds. The summed E-state index contributed by atoms with van der Waals surface area (Å²) in [6, 6.07) is 8.44.